The number of nitrogens with one attached hydrogen (secondary N) is 1. The number of hydrogen-bond donors (Lipinski definition) is 3. The van der Waals surface area contributed by atoms with E-state index in [0.717, 1.165) is 0 Å². The van der Waals surface area contributed by atoms with E-state index in [-0.39, 0.29) is 25.3 Å². The van der Waals surface area contributed by atoms with Crippen molar-refractivity contribution in [3.63, 3.8) is 0 Å². The molecule has 0 saturated carbocycles. The van der Waals surface area contributed by atoms with Crippen molar-refractivity contribution in [2.75, 3.05) is 6.54 Å². The van der Waals surface area contributed by atoms with Crippen LogP contribution in [-0.2, 0) is 20.8 Å². The Kier molecular flexibility index (Phi) is 5.80. The topological polar surface area (TPSA) is 107 Å². The highest BCUT2D eigenvalue weighted by Crippen LogP contribution is 2.19. The molecule has 1 aromatic carbocycles. The van der Waals surface area contributed by atoms with Crippen LogP contribution in [0.2, 0.25) is 5.02 Å². The number of likely N-dealkylation sites (tertiary alicyclic amines) is 1. The van der Waals surface area contributed by atoms with Gasteiger partial charge in [-0.2, -0.15) is 0 Å². The number of carboxylic acid groups (broad SMARTS) is 1. The molecule has 1 aromatic rings. The molecular weight excluding hydrogens is 336 g/mol. The van der Waals surface area contributed by atoms with E-state index < -0.39 is 30.1 Å². The van der Waals surface area contributed by atoms with Crippen LogP contribution in [-0.4, -0.2) is 57.6 Å². The maximum absolute atomic E-state index is 12.4. The number of amides is 2. The molecule has 0 spiro atoms. The molecule has 0 aliphatic carbocycles. The van der Waals surface area contributed by atoms with Gasteiger partial charge in [-0.1, -0.05) is 23.7 Å². The minimum atomic E-state index is -1.18. The number of rotatable bonds is 5. The third-order valence-electron chi connectivity index (χ3n) is 3.93. The van der Waals surface area contributed by atoms with Crippen LogP contribution in [0.3, 0.4) is 0 Å². The lowest BCUT2D eigenvalue weighted by Gasteiger charge is -2.24. The van der Waals surface area contributed by atoms with Crippen molar-refractivity contribution in [1.29, 1.82) is 0 Å². The van der Waals surface area contributed by atoms with E-state index in [1.165, 1.54) is 11.8 Å². The Hall–Kier alpha value is -2.12. The zero-order chi connectivity index (χ0) is 17.9. The summed E-state index contributed by atoms with van der Waals surface area (Å²) in [5.74, 6) is -2.11. The van der Waals surface area contributed by atoms with Gasteiger partial charge in [-0.05, 0) is 17.7 Å². The van der Waals surface area contributed by atoms with E-state index >= 15 is 0 Å². The van der Waals surface area contributed by atoms with Crippen molar-refractivity contribution in [2.24, 2.45) is 0 Å². The Bertz CT molecular complexity index is 651. The summed E-state index contributed by atoms with van der Waals surface area (Å²) in [7, 11) is 0. The minimum Gasteiger partial charge on any atom is -0.480 e. The van der Waals surface area contributed by atoms with Crippen molar-refractivity contribution in [3.05, 3.63) is 34.9 Å². The van der Waals surface area contributed by atoms with Crippen LogP contribution >= 0.6 is 11.6 Å². The highest BCUT2D eigenvalue weighted by molar-refractivity contribution is 6.30. The van der Waals surface area contributed by atoms with Crippen LogP contribution in [0.5, 0.6) is 0 Å². The average molecular weight is 355 g/mol. The summed E-state index contributed by atoms with van der Waals surface area (Å²) in [6, 6.07) is 4.70. The Labute approximate surface area is 144 Å². The third kappa shape index (κ3) is 4.46. The number of nitrogens with zero attached hydrogens (tertiary/aromatic N) is 1. The first kappa shape index (κ1) is 18.2. The average Bonchev–Trinajstić information content (AvgIpc) is 2.89. The number of aliphatic hydroxyl groups is 1. The summed E-state index contributed by atoms with van der Waals surface area (Å²) in [5.41, 5.74) is 0.671. The van der Waals surface area contributed by atoms with E-state index in [2.05, 4.69) is 5.32 Å². The first-order chi connectivity index (χ1) is 11.3. The molecule has 1 fully saturated rings. The Morgan fingerprint density at radius 1 is 1.42 bits per heavy atom. The second-order valence-corrected chi connectivity index (χ2v) is 6.25. The SMILES string of the molecule is CC(=O)N1C[C@H](O)C[C@H]1C(=O)N[C@H](Cc1cccc(Cl)c1)C(=O)O. The first-order valence-corrected chi connectivity index (χ1v) is 7.88. The Morgan fingerprint density at radius 2 is 2.12 bits per heavy atom. The predicted octanol–water partition coefficient (Wildman–Crippen LogP) is 0.434. The number of β-amino-alcohol motifs (C(OH)–C–C–N with tert-alkyl or cyclic N) is 1. The zero-order valence-corrected chi connectivity index (χ0v) is 13.9. The Morgan fingerprint density at radius 3 is 2.71 bits per heavy atom. The number of aliphatic hydroxyl groups excluding tert-OH is 1. The molecule has 130 valence electrons. The van der Waals surface area contributed by atoms with Crippen LogP contribution < -0.4 is 5.32 Å². The lowest BCUT2D eigenvalue weighted by Crippen LogP contribution is -2.51. The molecule has 2 rings (SSSR count). The highest BCUT2D eigenvalue weighted by Gasteiger charge is 2.38. The molecule has 2 amide bonds. The molecule has 8 heteroatoms. The summed E-state index contributed by atoms with van der Waals surface area (Å²) in [5, 5.41) is 21.9. The Balaban J connectivity index is 2.08. The number of aliphatic carboxylic acids is 1. The molecular formula is C16H19ClN2O5. The molecule has 1 heterocycles. The van der Waals surface area contributed by atoms with Gasteiger partial charge >= 0.3 is 5.97 Å². The number of carbonyl (C=O) groups is 3. The van der Waals surface area contributed by atoms with Crippen LogP contribution in [0.15, 0.2) is 24.3 Å². The van der Waals surface area contributed by atoms with Gasteiger partial charge in [0, 0.05) is 31.3 Å². The van der Waals surface area contributed by atoms with Crippen LogP contribution in [0.4, 0.5) is 0 Å². The normalized spacial score (nSPS) is 21.4. The van der Waals surface area contributed by atoms with E-state index in [9.17, 15) is 24.6 Å². The van der Waals surface area contributed by atoms with Crippen LogP contribution in [0, 0.1) is 0 Å². The van der Waals surface area contributed by atoms with Gasteiger partial charge in [0.15, 0.2) is 0 Å². The van der Waals surface area contributed by atoms with E-state index in [4.69, 9.17) is 11.6 Å². The van der Waals surface area contributed by atoms with Crippen molar-refractivity contribution < 1.29 is 24.6 Å². The molecule has 0 unspecified atom stereocenters. The summed E-state index contributed by atoms with van der Waals surface area (Å²) >= 11 is 5.88. The fraction of sp³-hybridized carbons (Fsp3) is 0.438. The maximum Gasteiger partial charge on any atom is 0.326 e. The van der Waals surface area contributed by atoms with Gasteiger partial charge in [-0.15, -0.1) is 0 Å². The standard InChI is InChI=1S/C16H19ClN2O5/c1-9(20)19-8-12(21)7-14(19)15(22)18-13(16(23)24)6-10-3-2-4-11(17)5-10/h2-5,12-14,21H,6-8H2,1H3,(H,18,22)(H,23,24)/t12-,13-,14+/m1/s1. The quantitative estimate of drug-likeness (QED) is 0.711. The van der Waals surface area contributed by atoms with Crippen LogP contribution in [0.1, 0.15) is 18.9 Å². The molecule has 0 aromatic heterocycles. The van der Waals surface area contributed by atoms with E-state index in [1.807, 2.05) is 0 Å². The third-order valence-corrected chi connectivity index (χ3v) is 4.16. The van der Waals surface area contributed by atoms with Gasteiger partial charge in [-0.3, -0.25) is 9.59 Å². The summed E-state index contributed by atoms with van der Waals surface area (Å²) in [6.45, 7) is 1.37. The monoisotopic (exact) mass is 354 g/mol. The zero-order valence-electron chi connectivity index (χ0n) is 13.1. The van der Waals surface area contributed by atoms with Gasteiger partial charge in [0.25, 0.3) is 0 Å². The smallest absolute Gasteiger partial charge is 0.326 e. The lowest BCUT2D eigenvalue weighted by atomic mass is 10.1. The molecule has 7 nitrogen and oxygen atoms in total. The van der Waals surface area contributed by atoms with Gasteiger partial charge in [0.1, 0.15) is 12.1 Å². The molecule has 3 N–H and O–H groups in total. The largest absolute Gasteiger partial charge is 0.480 e. The summed E-state index contributed by atoms with van der Waals surface area (Å²) in [6.07, 6.45) is -0.632. The van der Waals surface area contributed by atoms with Gasteiger partial charge in [0.2, 0.25) is 11.8 Å². The van der Waals surface area contributed by atoms with Crippen molar-refractivity contribution >= 4 is 29.4 Å². The van der Waals surface area contributed by atoms with Gasteiger partial charge < -0.3 is 20.4 Å². The molecule has 0 bridgehead atoms. The highest BCUT2D eigenvalue weighted by atomic mass is 35.5. The number of carboxylic acids is 1. The van der Waals surface area contributed by atoms with Crippen molar-refractivity contribution in [2.45, 2.75) is 38.0 Å². The van der Waals surface area contributed by atoms with Gasteiger partial charge in [0.05, 0.1) is 6.10 Å². The minimum absolute atomic E-state index is 0.0664. The fourth-order valence-corrected chi connectivity index (χ4v) is 2.99. The number of hydrogen-bond acceptors (Lipinski definition) is 4. The molecule has 1 saturated heterocycles. The molecule has 1 aliphatic heterocycles. The van der Waals surface area contributed by atoms with E-state index in [1.54, 1.807) is 24.3 Å². The molecule has 3 atom stereocenters. The predicted molar refractivity (Wildman–Crippen MR) is 86.5 cm³/mol. The maximum atomic E-state index is 12.4. The second kappa shape index (κ2) is 7.63. The van der Waals surface area contributed by atoms with Crippen molar-refractivity contribution in [3.8, 4) is 0 Å². The molecule has 24 heavy (non-hydrogen) atoms. The number of benzene rings is 1. The molecule has 1 aliphatic rings. The van der Waals surface area contributed by atoms with Gasteiger partial charge in [-0.25, -0.2) is 4.79 Å². The van der Waals surface area contributed by atoms with Crippen LogP contribution in [0.25, 0.3) is 0 Å². The lowest BCUT2D eigenvalue weighted by molar-refractivity contribution is -0.143. The van der Waals surface area contributed by atoms with E-state index in [0.29, 0.717) is 10.6 Å². The number of carbonyl (C=O) groups excluding carboxylic acids is 2. The summed E-state index contributed by atoms with van der Waals surface area (Å²) < 4.78 is 0. The number of halogens is 1. The first-order valence-electron chi connectivity index (χ1n) is 7.51. The van der Waals surface area contributed by atoms with Crippen molar-refractivity contribution in [1.82, 2.24) is 10.2 Å². The second-order valence-electron chi connectivity index (χ2n) is 5.81. The summed E-state index contributed by atoms with van der Waals surface area (Å²) in [4.78, 5) is 36.6. The molecule has 0 radical (unpaired) electrons. The fourth-order valence-electron chi connectivity index (χ4n) is 2.78.